The Morgan fingerprint density at radius 2 is 1.87 bits per heavy atom. The number of aromatic nitrogens is 2. The van der Waals surface area contributed by atoms with E-state index in [0.29, 0.717) is 11.5 Å². The highest BCUT2D eigenvalue weighted by atomic mass is 16.5. The average Bonchev–Trinajstić information content (AvgIpc) is 3.20. The van der Waals surface area contributed by atoms with Gasteiger partial charge in [0.2, 0.25) is 5.60 Å². The van der Waals surface area contributed by atoms with Crippen LogP contribution in [0.4, 0.5) is 0 Å². The molecule has 0 aliphatic heterocycles. The van der Waals surface area contributed by atoms with E-state index in [4.69, 9.17) is 14.5 Å². The van der Waals surface area contributed by atoms with Crippen LogP contribution in [0.15, 0.2) is 53.1 Å². The zero-order valence-electron chi connectivity index (χ0n) is 17.5. The molecular weight excluding hydrogens is 400 g/mol. The number of rotatable bonds is 8. The van der Waals surface area contributed by atoms with E-state index in [1.165, 1.54) is 12.4 Å². The number of amides is 2. The van der Waals surface area contributed by atoms with Gasteiger partial charge in [0.1, 0.15) is 11.5 Å². The van der Waals surface area contributed by atoms with E-state index < -0.39 is 17.4 Å². The molecule has 0 aliphatic carbocycles. The minimum atomic E-state index is -1.95. The van der Waals surface area contributed by atoms with Gasteiger partial charge in [-0.3, -0.25) is 19.8 Å². The minimum Gasteiger partial charge on any atom is -0.361 e. The highest BCUT2D eigenvalue weighted by Crippen LogP contribution is 2.20. The summed E-state index contributed by atoms with van der Waals surface area (Å²) in [6.07, 6.45) is 0. The Morgan fingerprint density at radius 1 is 1.13 bits per heavy atom. The predicted molar refractivity (Wildman–Crippen MR) is 111 cm³/mol. The van der Waals surface area contributed by atoms with Crippen LogP contribution in [0.1, 0.15) is 29.6 Å². The van der Waals surface area contributed by atoms with Gasteiger partial charge in [-0.25, -0.2) is 5.48 Å². The quantitative estimate of drug-likeness (QED) is 0.288. The predicted octanol–water partition coefficient (Wildman–Crippen LogP) is 2.45. The van der Waals surface area contributed by atoms with Crippen LogP contribution in [0, 0.1) is 13.8 Å². The van der Waals surface area contributed by atoms with Crippen molar-refractivity contribution in [1.29, 1.82) is 0 Å². The van der Waals surface area contributed by atoms with E-state index in [1.807, 2.05) is 49.4 Å². The van der Waals surface area contributed by atoms with E-state index in [9.17, 15) is 9.59 Å². The second-order valence-electron chi connectivity index (χ2n) is 7.24. The number of hydroxylamine groups is 1. The first-order valence-corrected chi connectivity index (χ1v) is 9.64. The Balaban J connectivity index is 1.67. The molecule has 2 amide bonds. The molecule has 2 aromatic heterocycles. The monoisotopic (exact) mass is 424 g/mol. The number of carbonyl (C=O) groups is 2. The van der Waals surface area contributed by atoms with Gasteiger partial charge in [0, 0.05) is 17.3 Å². The molecule has 3 aromatic rings. The molecule has 3 rings (SSSR count). The molecule has 0 saturated heterocycles. The third kappa shape index (κ3) is 5.33. The van der Waals surface area contributed by atoms with Gasteiger partial charge >= 0.3 is 0 Å². The van der Waals surface area contributed by atoms with Crippen molar-refractivity contribution in [3.05, 3.63) is 71.2 Å². The fourth-order valence-electron chi connectivity index (χ4n) is 2.88. The first kappa shape index (κ1) is 22.1. The lowest BCUT2D eigenvalue weighted by molar-refractivity contribution is -0.166. The topological polar surface area (TPSA) is 127 Å². The van der Waals surface area contributed by atoms with Crippen LogP contribution in [-0.4, -0.2) is 32.8 Å². The smallest absolute Gasteiger partial charge is 0.285 e. The molecule has 2 heterocycles. The maximum atomic E-state index is 12.7. The van der Waals surface area contributed by atoms with Gasteiger partial charge in [0.25, 0.3) is 11.8 Å². The van der Waals surface area contributed by atoms with E-state index in [1.54, 1.807) is 13.0 Å². The summed E-state index contributed by atoms with van der Waals surface area (Å²) in [6, 6.07) is 14.9. The average molecular weight is 424 g/mol. The summed E-state index contributed by atoms with van der Waals surface area (Å²) < 4.78 is 10.6. The van der Waals surface area contributed by atoms with Crippen LogP contribution in [0.3, 0.4) is 0 Å². The number of nitrogens with one attached hydrogen (secondary N) is 2. The second-order valence-corrected chi connectivity index (χ2v) is 7.24. The Hall–Kier alpha value is -3.56. The molecule has 0 saturated carbocycles. The summed E-state index contributed by atoms with van der Waals surface area (Å²) in [5, 5.41) is 15.5. The van der Waals surface area contributed by atoms with Crippen molar-refractivity contribution >= 4 is 11.8 Å². The number of carbonyl (C=O) groups excluding carboxylic acids is 2. The van der Waals surface area contributed by atoms with Gasteiger partial charge in [-0.2, -0.15) is 0 Å². The third-order valence-corrected chi connectivity index (χ3v) is 4.74. The number of benzene rings is 1. The largest absolute Gasteiger partial charge is 0.361 e. The number of hydrogen-bond acceptors (Lipinski definition) is 7. The standard InChI is InChI=1S/C22H24N4O5/c1-14-5-4-6-19(24-14)17-9-7-16(8-10-17)13-30-22(3,21(28)25-29)20(27)23-12-18-11-15(2)31-26-18/h4-11,29H,12-13H2,1-3H3,(H,23,27)(H,25,28). The lowest BCUT2D eigenvalue weighted by atomic mass is 10.0. The molecule has 1 unspecified atom stereocenters. The van der Waals surface area contributed by atoms with Crippen molar-refractivity contribution in [2.75, 3.05) is 0 Å². The van der Waals surface area contributed by atoms with Crippen LogP contribution in [-0.2, 0) is 27.5 Å². The van der Waals surface area contributed by atoms with Crippen molar-refractivity contribution in [1.82, 2.24) is 20.9 Å². The maximum Gasteiger partial charge on any atom is 0.285 e. The first-order valence-electron chi connectivity index (χ1n) is 9.64. The van der Waals surface area contributed by atoms with Gasteiger partial charge in [-0.05, 0) is 38.5 Å². The van der Waals surface area contributed by atoms with Crippen LogP contribution in [0.2, 0.25) is 0 Å². The molecule has 1 atom stereocenters. The van der Waals surface area contributed by atoms with Crippen molar-refractivity contribution in [3.8, 4) is 11.3 Å². The molecule has 31 heavy (non-hydrogen) atoms. The molecule has 0 aliphatic rings. The molecule has 9 heteroatoms. The van der Waals surface area contributed by atoms with Crippen molar-refractivity contribution in [2.45, 2.75) is 39.5 Å². The number of hydrogen-bond donors (Lipinski definition) is 3. The Morgan fingerprint density at radius 3 is 2.48 bits per heavy atom. The van der Waals surface area contributed by atoms with E-state index in [-0.39, 0.29) is 13.2 Å². The van der Waals surface area contributed by atoms with Crippen molar-refractivity contribution in [2.24, 2.45) is 0 Å². The van der Waals surface area contributed by atoms with Crippen molar-refractivity contribution in [3.63, 3.8) is 0 Å². The van der Waals surface area contributed by atoms with E-state index >= 15 is 0 Å². The summed E-state index contributed by atoms with van der Waals surface area (Å²) >= 11 is 0. The molecule has 1 aromatic carbocycles. The van der Waals surface area contributed by atoms with Gasteiger partial charge in [0.05, 0.1) is 18.8 Å². The van der Waals surface area contributed by atoms with E-state index in [2.05, 4.69) is 15.5 Å². The summed E-state index contributed by atoms with van der Waals surface area (Å²) in [7, 11) is 0. The number of ether oxygens (including phenoxy) is 1. The van der Waals surface area contributed by atoms with Crippen LogP contribution in [0.25, 0.3) is 11.3 Å². The van der Waals surface area contributed by atoms with Gasteiger partial charge in [-0.15, -0.1) is 0 Å². The third-order valence-electron chi connectivity index (χ3n) is 4.74. The molecule has 9 nitrogen and oxygen atoms in total. The maximum absolute atomic E-state index is 12.7. The summed E-state index contributed by atoms with van der Waals surface area (Å²) in [6.45, 7) is 4.96. The summed E-state index contributed by atoms with van der Waals surface area (Å²) in [4.78, 5) is 29.3. The minimum absolute atomic E-state index is 0.0259. The highest BCUT2D eigenvalue weighted by molar-refractivity contribution is 6.07. The number of nitrogens with zero attached hydrogens (tertiary/aromatic N) is 2. The van der Waals surface area contributed by atoms with Gasteiger partial charge in [-0.1, -0.05) is 35.5 Å². The second kappa shape index (κ2) is 9.50. The van der Waals surface area contributed by atoms with Crippen molar-refractivity contribution < 1.29 is 24.1 Å². The molecule has 162 valence electrons. The molecule has 0 spiro atoms. The number of aryl methyl sites for hydroxylation is 2. The fraction of sp³-hybridized carbons (Fsp3) is 0.273. The molecular formula is C22H24N4O5. The molecule has 0 fully saturated rings. The zero-order valence-corrected chi connectivity index (χ0v) is 17.5. The normalized spacial score (nSPS) is 12.8. The van der Waals surface area contributed by atoms with Crippen LogP contribution < -0.4 is 10.8 Å². The summed E-state index contributed by atoms with van der Waals surface area (Å²) in [5.74, 6) is -1.11. The van der Waals surface area contributed by atoms with Gasteiger partial charge in [0.15, 0.2) is 0 Å². The Bertz CT molecular complexity index is 1060. The first-order chi connectivity index (χ1) is 14.8. The zero-order chi connectivity index (χ0) is 22.4. The number of pyridine rings is 1. The highest BCUT2D eigenvalue weighted by Gasteiger charge is 2.42. The Labute approximate surface area is 179 Å². The summed E-state index contributed by atoms with van der Waals surface area (Å²) in [5.41, 5.74) is 3.48. The van der Waals surface area contributed by atoms with Gasteiger partial charge < -0.3 is 14.6 Å². The fourth-order valence-corrected chi connectivity index (χ4v) is 2.88. The molecule has 3 N–H and O–H groups in total. The lowest BCUT2D eigenvalue weighted by Crippen LogP contribution is -2.56. The molecule has 0 radical (unpaired) electrons. The van der Waals surface area contributed by atoms with E-state index in [0.717, 1.165) is 22.5 Å². The van der Waals surface area contributed by atoms with Crippen LogP contribution in [0.5, 0.6) is 0 Å². The Kier molecular flexibility index (Phi) is 6.78. The molecule has 0 bridgehead atoms. The SMILES string of the molecule is Cc1cccc(-c2ccc(COC(C)(C(=O)NO)C(=O)NCc3cc(C)on3)cc2)n1. The van der Waals surface area contributed by atoms with Crippen LogP contribution >= 0.6 is 0 Å². The lowest BCUT2D eigenvalue weighted by Gasteiger charge is -2.26.